The third-order valence-corrected chi connectivity index (χ3v) is 4.31. The zero-order valence-electron chi connectivity index (χ0n) is 14.8. The van der Waals surface area contributed by atoms with Crippen molar-refractivity contribution in [2.75, 3.05) is 13.7 Å². The molecule has 0 unspecified atom stereocenters. The fourth-order valence-electron chi connectivity index (χ4n) is 3.17. The van der Waals surface area contributed by atoms with Crippen LogP contribution in [0.4, 0.5) is 0 Å². The predicted octanol–water partition coefficient (Wildman–Crippen LogP) is 2.06. The quantitative estimate of drug-likeness (QED) is 0.827. The molecule has 0 saturated carbocycles. The van der Waals surface area contributed by atoms with E-state index in [1.807, 2.05) is 18.2 Å². The molecular weight excluding hydrogens is 336 g/mol. The number of hydrogen-bond acceptors (Lipinski definition) is 7. The number of hydrogen-bond donors (Lipinski definition) is 1. The maximum Gasteiger partial charge on any atom is 0.339 e. The third kappa shape index (κ3) is 3.17. The first kappa shape index (κ1) is 18.0. The number of benzene rings is 1. The lowest BCUT2D eigenvalue weighted by Crippen LogP contribution is -2.36. The minimum absolute atomic E-state index is 0.0648. The summed E-state index contributed by atoms with van der Waals surface area (Å²) in [7, 11) is 1.25. The molecule has 0 aliphatic carbocycles. The molecule has 7 heteroatoms. The van der Waals surface area contributed by atoms with E-state index in [4.69, 9.17) is 24.7 Å². The van der Waals surface area contributed by atoms with Gasteiger partial charge in [0, 0.05) is 5.56 Å². The Morgan fingerprint density at radius 1 is 1.35 bits per heavy atom. The summed E-state index contributed by atoms with van der Waals surface area (Å²) >= 11 is 0. The molecule has 3 rings (SSSR count). The summed E-state index contributed by atoms with van der Waals surface area (Å²) in [5.74, 6) is -2.05. The molecule has 0 bridgehead atoms. The van der Waals surface area contributed by atoms with Crippen molar-refractivity contribution in [2.24, 2.45) is 11.7 Å². The maximum atomic E-state index is 12.3. The van der Waals surface area contributed by atoms with E-state index in [1.165, 1.54) is 7.11 Å². The molecule has 0 amide bonds. The maximum absolute atomic E-state index is 12.3. The average molecular weight is 356 g/mol. The van der Waals surface area contributed by atoms with E-state index < -0.39 is 23.8 Å². The van der Waals surface area contributed by atoms with Crippen molar-refractivity contribution in [3.63, 3.8) is 0 Å². The average Bonchev–Trinajstić information content (AvgIpc) is 3.00. The summed E-state index contributed by atoms with van der Waals surface area (Å²) in [6, 6.07) is 11.3. The number of nitriles is 1. The monoisotopic (exact) mass is 356 g/mol. The Morgan fingerprint density at radius 2 is 2.04 bits per heavy atom. The number of carbonyl (C=O) groups excluding carboxylic acids is 1. The molecular formula is C19H20N2O5. The molecule has 1 saturated heterocycles. The molecule has 2 N–H and O–H groups in total. The molecule has 1 aromatic rings. The van der Waals surface area contributed by atoms with Crippen molar-refractivity contribution in [1.82, 2.24) is 0 Å². The van der Waals surface area contributed by atoms with E-state index in [1.54, 1.807) is 26.0 Å². The number of nitrogens with two attached hydrogens (primary N) is 1. The highest BCUT2D eigenvalue weighted by molar-refractivity contribution is 5.92. The van der Waals surface area contributed by atoms with Gasteiger partial charge in [0.1, 0.15) is 5.57 Å². The van der Waals surface area contributed by atoms with Crippen LogP contribution in [0.15, 0.2) is 47.4 Å². The van der Waals surface area contributed by atoms with Crippen LogP contribution in [0.1, 0.15) is 19.4 Å². The number of carbonyl (C=O) groups is 1. The summed E-state index contributed by atoms with van der Waals surface area (Å²) in [5, 5.41) is 9.84. The molecule has 136 valence electrons. The van der Waals surface area contributed by atoms with E-state index in [2.05, 4.69) is 6.07 Å². The second kappa shape index (κ2) is 6.83. The topological polar surface area (TPSA) is 104 Å². The van der Waals surface area contributed by atoms with E-state index in [9.17, 15) is 10.1 Å². The Morgan fingerprint density at radius 3 is 2.58 bits per heavy atom. The molecule has 0 aromatic heterocycles. The van der Waals surface area contributed by atoms with Crippen molar-refractivity contribution >= 4 is 11.7 Å². The van der Waals surface area contributed by atoms with Gasteiger partial charge in [0.15, 0.2) is 11.5 Å². The molecule has 0 spiro atoms. The van der Waals surface area contributed by atoms with Gasteiger partial charge in [0.2, 0.25) is 5.88 Å². The van der Waals surface area contributed by atoms with E-state index in [0.717, 1.165) is 0 Å². The lowest BCUT2D eigenvalue weighted by molar-refractivity contribution is -0.145. The van der Waals surface area contributed by atoms with Crippen molar-refractivity contribution in [2.45, 2.75) is 25.7 Å². The van der Waals surface area contributed by atoms with Gasteiger partial charge in [-0.15, -0.1) is 0 Å². The van der Waals surface area contributed by atoms with Crippen LogP contribution in [-0.2, 0) is 23.7 Å². The van der Waals surface area contributed by atoms with Gasteiger partial charge < -0.3 is 24.7 Å². The normalized spacial score (nSPS) is 24.8. The Bertz CT molecular complexity index is 820. The van der Waals surface area contributed by atoms with Crippen molar-refractivity contribution in [3.8, 4) is 6.07 Å². The minimum Gasteiger partial charge on any atom is -0.465 e. The van der Waals surface area contributed by atoms with Crippen LogP contribution in [0, 0.1) is 17.2 Å². The number of methoxy groups -OCH3 is 1. The molecule has 1 fully saturated rings. The van der Waals surface area contributed by atoms with E-state index in [0.29, 0.717) is 11.3 Å². The Kier molecular flexibility index (Phi) is 4.72. The summed E-state index contributed by atoms with van der Waals surface area (Å²) in [6.45, 7) is 3.74. The fourth-order valence-corrected chi connectivity index (χ4v) is 3.17. The summed E-state index contributed by atoms with van der Waals surface area (Å²) in [4.78, 5) is 12.3. The first-order valence-electron chi connectivity index (χ1n) is 8.15. The fraction of sp³-hybridized carbons (Fsp3) is 0.368. The molecule has 2 heterocycles. The Balaban J connectivity index is 2.14. The van der Waals surface area contributed by atoms with Crippen LogP contribution in [0.5, 0.6) is 0 Å². The number of esters is 1. The Labute approximate surface area is 151 Å². The number of nitrogens with zero attached hydrogens (tertiary/aromatic N) is 1. The highest BCUT2D eigenvalue weighted by Crippen LogP contribution is 2.42. The molecule has 1 aromatic carbocycles. The number of rotatable bonds is 3. The molecule has 2 aliphatic heterocycles. The largest absolute Gasteiger partial charge is 0.465 e. The van der Waals surface area contributed by atoms with Gasteiger partial charge >= 0.3 is 5.97 Å². The summed E-state index contributed by atoms with van der Waals surface area (Å²) < 4.78 is 22.1. The zero-order valence-corrected chi connectivity index (χ0v) is 14.8. The van der Waals surface area contributed by atoms with Gasteiger partial charge in [0.05, 0.1) is 37.4 Å². The zero-order chi connectivity index (χ0) is 18.9. The van der Waals surface area contributed by atoms with Crippen LogP contribution in [0.2, 0.25) is 0 Å². The van der Waals surface area contributed by atoms with E-state index in [-0.39, 0.29) is 23.6 Å². The van der Waals surface area contributed by atoms with Gasteiger partial charge in [-0.2, -0.15) is 5.26 Å². The first-order valence-corrected chi connectivity index (χ1v) is 8.15. The van der Waals surface area contributed by atoms with Crippen molar-refractivity contribution in [3.05, 3.63) is 52.9 Å². The van der Waals surface area contributed by atoms with Crippen molar-refractivity contribution < 1.29 is 23.7 Å². The van der Waals surface area contributed by atoms with Gasteiger partial charge in [0.25, 0.3) is 0 Å². The third-order valence-electron chi connectivity index (χ3n) is 4.31. The lowest BCUT2D eigenvalue weighted by atomic mass is 9.83. The molecule has 2 aliphatic rings. The molecule has 2 atom stereocenters. The molecule has 26 heavy (non-hydrogen) atoms. The second-order valence-electron chi connectivity index (χ2n) is 6.44. The van der Waals surface area contributed by atoms with Gasteiger partial charge in [-0.1, -0.05) is 30.3 Å². The van der Waals surface area contributed by atoms with Crippen LogP contribution in [0.25, 0.3) is 5.76 Å². The lowest BCUT2D eigenvalue weighted by Gasteiger charge is -2.30. The van der Waals surface area contributed by atoms with Gasteiger partial charge in [-0.25, -0.2) is 4.79 Å². The van der Waals surface area contributed by atoms with Crippen LogP contribution in [-0.4, -0.2) is 31.6 Å². The highest BCUT2D eigenvalue weighted by Gasteiger charge is 2.47. The molecule has 7 nitrogen and oxygen atoms in total. The Hall–Kier alpha value is -2.82. The number of ether oxygens (including phenoxy) is 4. The second-order valence-corrected chi connectivity index (χ2v) is 6.44. The summed E-state index contributed by atoms with van der Waals surface area (Å²) in [6.07, 6.45) is -0.574. The highest BCUT2D eigenvalue weighted by atomic mass is 16.7. The van der Waals surface area contributed by atoms with Crippen LogP contribution < -0.4 is 5.73 Å². The smallest absolute Gasteiger partial charge is 0.339 e. The van der Waals surface area contributed by atoms with Crippen LogP contribution in [0.3, 0.4) is 0 Å². The minimum atomic E-state index is -0.827. The van der Waals surface area contributed by atoms with Crippen LogP contribution >= 0.6 is 0 Å². The van der Waals surface area contributed by atoms with Crippen molar-refractivity contribution in [1.29, 1.82) is 5.26 Å². The van der Waals surface area contributed by atoms with Gasteiger partial charge in [-0.3, -0.25) is 0 Å². The predicted molar refractivity (Wildman–Crippen MR) is 91.7 cm³/mol. The van der Waals surface area contributed by atoms with Gasteiger partial charge in [-0.05, 0) is 13.8 Å². The van der Waals surface area contributed by atoms with E-state index >= 15 is 0 Å². The molecule has 0 radical (unpaired) electrons. The standard InChI is InChI=1S/C19H20N2O5/c1-19(2)24-10-13(26-19)14-12(9-20)16(11-7-5-4-6-8-11)25-17(21)15(14)18(22)23-3/h4-8,13-14H,10,21H2,1-3H3/t13-,14-/m1/s1. The summed E-state index contributed by atoms with van der Waals surface area (Å²) in [5.41, 5.74) is 7.03. The first-order chi connectivity index (χ1) is 12.4. The SMILES string of the molecule is COC(=O)C1=C(N)OC(c2ccccc2)=C(C#N)[C@@H]1[C@H]1COC(C)(C)O1.